The average Bonchev–Trinajstić information content (AvgIpc) is 2.44. The summed E-state index contributed by atoms with van der Waals surface area (Å²) >= 11 is 6.14. The number of anilines is 1. The number of halogens is 1. The standard InChI is InChI=1S/C15H16ClN3/c1-2-7-19-8-5-13(6-9-19)18-15-10-12(11-17)3-4-14(15)16/h1,3-4,10,13,18H,5-9H2. The summed E-state index contributed by atoms with van der Waals surface area (Å²) < 4.78 is 0. The Morgan fingerprint density at radius 2 is 2.16 bits per heavy atom. The van der Waals surface area contributed by atoms with Crippen molar-refractivity contribution >= 4 is 17.3 Å². The van der Waals surface area contributed by atoms with Gasteiger partial charge in [-0.15, -0.1) is 6.42 Å². The molecule has 2 rings (SSSR count). The number of rotatable bonds is 3. The molecule has 98 valence electrons. The quantitative estimate of drug-likeness (QED) is 0.861. The molecule has 4 heteroatoms. The molecule has 0 radical (unpaired) electrons. The topological polar surface area (TPSA) is 39.1 Å². The van der Waals surface area contributed by atoms with Crippen LogP contribution in [0, 0.1) is 23.7 Å². The van der Waals surface area contributed by atoms with Crippen LogP contribution in [0.5, 0.6) is 0 Å². The smallest absolute Gasteiger partial charge is 0.0992 e. The normalized spacial score (nSPS) is 16.6. The molecule has 1 heterocycles. The Labute approximate surface area is 119 Å². The van der Waals surface area contributed by atoms with Crippen LogP contribution in [-0.4, -0.2) is 30.6 Å². The minimum absolute atomic E-state index is 0.389. The first-order valence-electron chi connectivity index (χ1n) is 6.35. The molecule has 0 amide bonds. The Hall–Kier alpha value is -1.68. The summed E-state index contributed by atoms with van der Waals surface area (Å²) in [7, 11) is 0. The Morgan fingerprint density at radius 1 is 1.42 bits per heavy atom. The van der Waals surface area contributed by atoms with E-state index < -0.39 is 0 Å². The van der Waals surface area contributed by atoms with Gasteiger partial charge in [-0.3, -0.25) is 4.90 Å². The fourth-order valence-electron chi connectivity index (χ4n) is 2.29. The Kier molecular flexibility index (Phi) is 4.68. The predicted molar refractivity (Wildman–Crippen MR) is 78.1 cm³/mol. The molecule has 1 aliphatic heterocycles. The van der Waals surface area contributed by atoms with Crippen LogP contribution in [-0.2, 0) is 0 Å². The molecule has 0 aromatic heterocycles. The summed E-state index contributed by atoms with van der Waals surface area (Å²) in [6, 6.07) is 7.80. The maximum absolute atomic E-state index is 8.91. The van der Waals surface area contributed by atoms with Gasteiger partial charge < -0.3 is 5.32 Å². The molecule has 1 fully saturated rings. The lowest BCUT2D eigenvalue weighted by Gasteiger charge is -2.31. The molecule has 19 heavy (non-hydrogen) atoms. The molecule has 0 saturated carbocycles. The van der Waals surface area contributed by atoms with Crippen LogP contribution < -0.4 is 5.32 Å². The first-order valence-corrected chi connectivity index (χ1v) is 6.72. The maximum Gasteiger partial charge on any atom is 0.0992 e. The fraction of sp³-hybridized carbons (Fsp3) is 0.400. The Morgan fingerprint density at radius 3 is 2.79 bits per heavy atom. The third-order valence-electron chi connectivity index (χ3n) is 3.36. The van der Waals surface area contributed by atoms with Crippen LogP contribution in [0.1, 0.15) is 18.4 Å². The number of hydrogen-bond donors (Lipinski definition) is 1. The van der Waals surface area contributed by atoms with Gasteiger partial charge in [0, 0.05) is 19.1 Å². The molecule has 0 bridgehead atoms. The van der Waals surface area contributed by atoms with Crippen LogP contribution in [0.2, 0.25) is 5.02 Å². The van der Waals surface area contributed by atoms with E-state index in [2.05, 4.69) is 22.2 Å². The van der Waals surface area contributed by atoms with E-state index >= 15 is 0 Å². The van der Waals surface area contributed by atoms with Gasteiger partial charge in [0.1, 0.15) is 0 Å². The molecular formula is C15H16ClN3. The second-order valence-corrected chi connectivity index (χ2v) is 5.11. The van der Waals surface area contributed by atoms with Crippen LogP contribution >= 0.6 is 11.6 Å². The van der Waals surface area contributed by atoms with Gasteiger partial charge in [0.25, 0.3) is 0 Å². The van der Waals surface area contributed by atoms with Crippen molar-refractivity contribution in [2.75, 3.05) is 25.0 Å². The van der Waals surface area contributed by atoms with E-state index in [0.717, 1.165) is 38.2 Å². The molecule has 1 saturated heterocycles. The van der Waals surface area contributed by atoms with Gasteiger partial charge >= 0.3 is 0 Å². The van der Waals surface area contributed by atoms with Crippen molar-refractivity contribution in [1.82, 2.24) is 4.90 Å². The highest BCUT2D eigenvalue weighted by molar-refractivity contribution is 6.33. The van der Waals surface area contributed by atoms with Crippen molar-refractivity contribution in [2.24, 2.45) is 0 Å². The number of likely N-dealkylation sites (tertiary alicyclic amines) is 1. The molecule has 0 aliphatic carbocycles. The molecule has 3 nitrogen and oxygen atoms in total. The molecule has 1 N–H and O–H groups in total. The van der Waals surface area contributed by atoms with Gasteiger partial charge in [0.05, 0.1) is 28.9 Å². The van der Waals surface area contributed by atoms with Crippen molar-refractivity contribution in [3.8, 4) is 18.4 Å². The number of nitrogens with one attached hydrogen (secondary N) is 1. The first-order chi connectivity index (χ1) is 9.22. The van der Waals surface area contributed by atoms with E-state index in [1.165, 1.54) is 0 Å². The second kappa shape index (κ2) is 6.48. The van der Waals surface area contributed by atoms with Crippen molar-refractivity contribution in [2.45, 2.75) is 18.9 Å². The largest absolute Gasteiger partial charge is 0.381 e. The lowest BCUT2D eigenvalue weighted by Crippen LogP contribution is -2.39. The summed E-state index contributed by atoms with van der Waals surface area (Å²) in [6.07, 6.45) is 7.39. The molecule has 1 aromatic rings. The minimum Gasteiger partial charge on any atom is -0.381 e. The maximum atomic E-state index is 8.91. The Bertz CT molecular complexity index is 519. The lowest BCUT2D eigenvalue weighted by molar-refractivity contribution is 0.243. The highest BCUT2D eigenvalue weighted by atomic mass is 35.5. The zero-order chi connectivity index (χ0) is 13.7. The molecule has 0 spiro atoms. The highest BCUT2D eigenvalue weighted by Crippen LogP contribution is 2.25. The Balaban J connectivity index is 1.96. The van der Waals surface area contributed by atoms with E-state index in [-0.39, 0.29) is 0 Å². The summed E-state index contributed by atoms with van der Waals surface area (Å²) in [4.78, 5) is 2.27. The van der Waals surface area contributed by atoms with Crippen LogP contribution in [0.3, 0.4) is 0 Å². The second-order valence-electron chi connectivity index (χ2n) is 4.71. The molecule has 1 aromatic carbocycles. The third-order valence-corrected chi connectivity index (χ3v) is 3.69. The van der Waals surface area contributed by atoms with Crippen LogP contribution in [0.15, 0.2) is 18.2 Å². The van der Waals surface area contributed by atoms with Crippen molar-refractivity contribution in [3.63, 3.8) is 0 Å². The molecular weight excluding hydrogens is 258 g/mol. The van der Waals surface area contributed by atoms with Crippen molar-refractivity contribution < 1.29 is 0 Å². The van der Waals surface area contributed by atoms with Gasteiger partial charge in [0.2, 0.25) is 0 Å². The lowest BCUT2D eigenvalue weighted by atomic mass is 10.0. The summed E-state index contributed by atoms with van der Waals surface area (Å²) in [5, 5.41) is 13.0. The van der Waals surface area contributed by atoms with E-state index in [1.54, 1.807) is 18.2 Å². The highest BCUT2D eigenvalue weighted by Gasteiger charge is 2.19. The average molecular weight is 274 g/mol. The summed E-state index contributed by atoms with van der Waals surface area (Å²) in [6.45, 7) is 2.71. The van der Waals surface area contributed by atoms with Crippen molar-refractivity contribution in [1.29, 1.82) is 5.26 Å². The number of terminal acetylenes is 1. The van der Waals surface area contributed by atoms with Crippen LogP contribution in [0.25, 0.3) is 0 Å². The number of benzene rings is 1. The van der Waals surface area contributed by atoms with Crippen molar-refractivity contribution in [3.05, 3.63) is 28.8 Å². The summed E-state index contributed by atoms with van der Waals surface area (Å²) in [5.41, 5.74) is 1.47. The number of piperidine rings is 1. The van der Waals surface area contributed by atoms with Gasteiger partial charge in [-0.2, -0.15) is 5.26 Å². The third kappa shape index (κ3) is 3.64. The fourth-order valence-corrected chi connectivity index (χ4v) is 2.46. The minimum atomic E-state index is 0.389. The van der Waals surface area contributed by atoms with Gasteiger partial charge in [-0.05, 0) is 31.0 Å². The van der Waals surface area contributed by atoms with E-state index in [9.17, 15) is 0 Å². The van der Waals surface area contributed by atoms with Crippen LogP contribution in [0.4, 0.5) is 5.69 Å². The van der Waals surface area contributed by atoms with E-state index in [4.69, 9.17) is 23.3 Å². The van der Waals surface area contributed by atoms with Gasteiger partial charge in [0.15, 0.2) is 0 Å². The van der Waals surface area contributed by atoms with E-state index in [0.29, 0.717) is 16.6 Å². The number of hydrogen-bond acceptors (Lipinski definition) is 3. The number of nitriles is 1. The SMILES string of the molecule is C#CCN1CCC(Nc2cc(C#N)ccc2Cl)CC1. The summed E-state index contributed by atoms with van der Waals surface area (Å²) in [5.74, 6) is 2.67. The van der Waals surface area contributed by atoms with Gasteiger partial charge in [-0.1, -0.05) is 17.5 Å². The zero-order valence-electron chi connectivity index (χ0n) is 10.7. The number of nitrogens with zero attached hydrogens (tertiary/aromatic N) is 2. The van der Waals surface area contributed by atoms with Gasteiger partial charge in [-0.25, -0.2) is 0 Å². The predicted octanol–water partition coefficient (Wildman–Crippen LogP) is 2.72. The first kappa shape index (κ1) is 13.7. The monoisotopic (exact) mass is 273 g/mol. The molecule has 0 unspecified atom stereocenters. The zero-order valence-corrected chi connectivity index (χ0v) is 11.5. The van der Waals surface area contributed by atoms with E-state index in [1.807, 2.05) is 0 Å². The molecule has 1 aliphatic rings. The molecule has 0 atom stereocenters.